The summed E-state index contributed by atoms with van der Waals surface area (Å²) in [5.41, 5.74) is 0.949. The lowest BCUT2D eigenvalue weighted by Gasteiger charge is -2.10. The van der Waals surface area contributed by atoms with E-state index in [4.69, 9.17) is 9.47 Å². The predicted octanol–water partition coefficient (Wildman–Crippen LogP) is 3.50. The average Bonchev–Trinajstić information content (AvgIpc) is 2.17. The molecule has 0 saturated carbocycles. The molecule has 0 unspecified atom stereocenters. The summed E-state index contributed by atoms with van der Waals surface area (Å²) in [4.78, 5) is 0. The molecule has 0 aromatic heterocycles. The molecule has 4 heteroatoms. The van der Waals surface area contributed by atoms with E-state index in [1.807, 2.05) is 0 Å². The third-order valence-electron chi connectivity index (χ3n) is 2.03. The summed E-state index contributed by atoms with van der Waals surface area (Å²) >= 11 is 0. The number of alkyl halides is 2. The molecule has 1 aromatic rings. The van der Waals surface area contributed by atoms with Crippen LogP contribution in [0.25, 0.3) is 0 Å². The lowest BCUT2D eigenvalue weighted by molar-refractivity contribution is 0.181. The van der Waals surface area contributed by atoms with Gasteiger partial charge in [-0.25, -0.2) is 8.78 Å². The Bertz CT molecular complexity index is 303. The highest BCUT2D eigenvalue weighted by molar-refractivity contribution is 5.38. The van der Waals surface area contributed by atoms with E-state index < -0.39 is 13.7 Å². The van der Waals surface area contributed by atoms with Crippen molar-refractivity contribution in [2.75, 3.05) is 13.7 Å². The first-order chi connectivity index (χ1) is 7.65. The largest absolute Gasteiger partial charge is 0.463 e. The zero-order valence-electron chi connectivity index (χ0n) is 9.50. The minimum atomic E-state index is -0.903. The summed E-state index contributed by atoms with van der Waals surface area (Å²) in [6.45, 7) is 2.33. The van der Waals surface area contributed by atoms with E-state index in [0.29, 0.717) is 17.4 Å². The van der Waals surface area contributed by atoms with Crippen LogP contribution in [-0.4, -0.2) is 13.7 Å². The van der Waals surface area contributed by atoms with Crippen LogP contribution in [0.3, 0.4) is 0 Å². The highest BCUT2D eigenvalue weighted by Gasteiger charge is 2.05. The minimum Gasteiger partial charge on any atom is -0.463 e. The molecule has 2 nitrogen and oxygen atoms in total. The predicted molar refractivity (Wildman–Crippen MR) is 58.2 cm³/mol. The van der Waals surface area contributed by atoms with Crippen LogP contribution in [0.2, 0.25) is 0 Å². The Morgan fingerprint density at radius 1 is 1.00 bits per heavy atom. The molecule has 0 heterocycles. The van der Waals surface area contributed by atoms with E-state index in [-0.39, 0.29) is 0 Å². The fourth-order valence-electron chi connectivity index (χ4n) is 1.51. The number of rotatable bonds is 6. The molecule has 0 saturated heterocycles. The van der Waals surface area contributed by atoms with E-state index in [1.165, 1.54) is 6.07 Å². The van der Waals surface area contributed by atoms with Gasteiger partial charge < -0.3 is 9.47 Å². The van der Waals surface area contributed by atoms with Gasteiger partial charge in [-0.3, -0.25) is 0 Å². The summed E-state index contributed by atoms with van der Waals surface area (Å²) in [5.74, 6) is 1.19. The van der Waals surface area contributed by atoms with Gasteiger partial charge in [0.1, 0.15) is 11.5 Å². The van der Waals surface area contributed by atoms with Crippen molar-refractivity contribution in [3.63, 3.8) is 0 Å². The second kappa shape index (κ2) is 6.30. The van der Waals surface area contributed by atoms with Crippen LogP contribution in [0.4, 0.5) is 8.78 Å². The lowest BCUT2D eigenvalue weighted by atomic mass is 10.0. The lowest BCUT2D eigenvalue weighted by Crippen LogP contribution is -1.99. The van der Waals surface area contributed by atoms with Gasteiger partial charge in [0.05, 0.1) is 0 Å². The number of hydrogen-bond acceptors (Lipinski definition) is 2. The fraction of sp³-hybridized carbons (Fsp3) is 0.500. The molecule has 0 aliphatic rings. The summed E-state index contributed by atoms with van der Waals surface area (Å²) in [6, 6.07) is 4.96. The zero-order chi connectivity index (χ0) is 12.0. The summed E-state index contributed by atoms with van der Waals surface area (Å²) in [5, 5.41) is 0. The first kappa shape index (κ1) is 12.7. The van der Waals surface area contributed by atoms with E-state index in [2.05, 4.69) is 13.8 Å². The number of benzene rings is 1. The molecule has 1 rings (SSSR count). The van der Waals surface area contributed by atoms with Gasteiger partial charge in [0, 0.05) is 6.07 Å². The van der Waals surface area contributed by atoms with Crippen LogP contribution in [0.15, 0.2) is 18.2 Å². The molecular formula is C12H16F2O2. The van der Waals surface area contributed by atoms with Gasteiger partial charge in [0.15, 0.2) is 0 Å². The number of ether oxygens (including phenoxy) is 2. The summed E-state index contributed by atoms with van der Waals surface area (Å²) < 4.78 is 33.6. The molecule has 0 amide bonds. The third kappa shape index (κ3) is 4.04. The van der Waals surface area contributed by atoms with Crippen molar-refractivity contribution in [3.05, 3.63) is 23.8 Å². The second-order valence-corrected chi connectivity index (χ2v) is 3.92. The van der Waals surface area contributed by atoms with Gasteiger partial charge in [-0.05, 0) is 30.0 Å². The maximum atomic E-state index is 12.1. The number of hydrogen-bond donors (Lipinski definition) is 0. The highest BCUT2D eigenvalue weighted by atomic mass is 19.1. The monoisotopic (exact) mass is 230 g/mol. The maximum absolute atomic E-state index is 12.1. The van der Waals surface area contributed by atoms with Crippen LogP contribution in [0, 0.1) is 5.92 Å². The van der Waals surface area contributed by atoms with E-state index in [9.17, 15) is 8.78 Å². The molecule has 90 valence electrons. The van der Waals surface area contributed by atoms with Crippen LogP contribution < -0.4 is 9.47 Å². The van der Waals surface area contributed by atoms with Crippen LogP contribution >= 0.6 is 0 Å². The van der Waals surface area contributed by atoms with Crippen molar-refractivity contribution in [3.8, 4) is 11.5 Å². The Morgan fingerprint density at radius 2 is 1.50 bits per heavy atom. The number of halogens is 2. The molecule has 0 spiro atoms. The van der Waals surface area contributed by atoms with Gasteiger partial charge in [-0.2, -0.15) is 0 Å². The Morgan fingerprint density at radius 3 is 1.88 bits per heavy atom. The fourth-order valence-corrected chi connectivity index (χ4v) is 1.51. The van der Waals surface area contributed by atoms with Crippen molar-refractivity contribution >= 4 is 0 Å². The SMILES string of the molecule is CC(C)Cc1cc(OCF)cc(OCF)c1. The van der Waals surface area contributed by atoms with Gasteiger partial charge in [0.25, 0.3) is 0 Å². The second-order valence-electron chi connectivity index (χ2n) is 3.92. The molecule has 0 aliphatic carbocycles. The third-order valence-corrected chi connectivity index (χ3v) is 2.03. The Labute approximate surface area is 94.2 Å². The molecule has 0 bridgehead atoms. The standard InChI is InChI=1S/C12H16F2O2/c1-9(2)3-10-4-11(15-7-13)6-12(5-10)16-8-14/h4-6,9H,3,7-8H2,1-2H3. The van der Waals surface area contributed by atoms with E-state index in [0.717, 1.165) is 12.0 Å². The van der Waals surface area contributed by atoms with Gasteiger partial charge in [-0.1, -0.05) is 13.8 Å². The van der Waals surface area contributed by atoms with Crippen LogP contribution in [-0.2, 0) is 6.42 Å². The van der Waals surface area contributed by atoms with Crippen LogP contribution in [0.5, 0.6) is 11.5 Å². The topological polar surface area (TPSA) is 18.5 Å². The first-order valence-corrected chi connectivity index (χ1v) is 5.17. The molecule has 0 atom stereocenters. The molecule has 16 heavy (non-hydrogen) atoms. The quantitative estimate of drug-likeness (QED) is 0.744. The zero-order valence-corrected chi connectivity index (χ0v) is 9.50. The van der Waals surface area contributed by atoms with Crippen LogP contribution in [0.1, 0.15) is 19.4 Å². The maximum Gasteiger partial charge on any atom is 0.228 e. The molecule has 1 aromatic carbocycles. The summed E-state index contributed by atoms with van der Waals surface area (Å²) in [6.07, 6.45) is 0.812. The Kier molecular flexibility index (Phi) is 5.02. The smallest absolute Gasteiger partial charge is 0.228 e. The van der Waals surface area contributed by atoms with E-state index >= 15 is 0 Å². The van der Waals surface area contributed by atoms with Gasteiger partial charge in [0.2, 0.25) is 13.7 Å². The molecular weight excluding hydrogens is 214 g/mol. The van der Waals surface area contributed by atoms with E-state index in [1.54, 1.807) is 12.1 Å². The Hall–Kier alpha value is -1.32. The van der Waals surface area contributed by atoms with Crippen molar-refractivity contribution in [2.24, 2.45) is 5.92 Å². The van der Waals surface area contributed by atoms with Crippen molar-refractivity contribution in [1.82, 2.24) is 0 Å². The summed E-state index contributed by atoms with van der Waals surface area (Å²) in [7, 11) is 0. The average molecular weight is 230 g/mol. The first-order valence-electron chi connectivity index (χ1n) is 5.17. The molecule has 0 aliphatic heterocycles. The molecule has 0 fully saturated rings. The Balaban J connectivity index is 2.88. The highest BCUT2D eigenvalue weighted by Crippen LogP contribution is 2.24. The molecule has 0 radical (unpaired) electrons. The van der Waals surface area contributed by atoms with Gasteiger partial charge >= 0.3 is 0 Å². The van der Waals surface area contributed by atoms with Gasteiger partial charge in [-0.15, -0.1) is 0 Å². The van der Waals surface area contributed by atoms with Crippen molar-refractivity contribution in [1.29, 1.82) is 0 Å². The van der Waals surface area contributed by atoms with Crippen molar-refractivity contribution in [2.45, 2.75) is 20.3 Å². The normalized spacial score (nSPS) is 10.6. The molecule has 0 N–H and O–H groups in total. The van der Waals surface area contributed by atoms with Crippen molar-refractivity contribution < 1.29 is 18.3 Å². The minimum absolute atomic E-state index is 0.365.